The van der Waals surface area contributed by atoms with Gasteiger partial charge in [0.15, 0.2) is 11.6 Å². The number of allylic oxidation sites excluding steroid dienone is 1. The fraction of sp³-hybridized carbons (Fsp3) is 0.725. The summed E-state index contributed by atoms with van der Waals surface area (Å²) in [4.78, 5) is 34.3. The highest BCUT2D eigenvalue weighted by Gasteiger charge is 2.54. The largest absolute Gasteiger partial charge is 0.496 e. The van der Waals surface area contributed by atoms with Crippen LogP contribution in [0.2, 0.25) is 0 Å². The molecule has 5 rings (SSSR count). The van der Waals surface area contributed by atoms with Crippen molar-refractivity contribution in [3.8, 4) is 9.75 Å². The summed E-state index contributed by atoms with van der Waals surface area (Å²) in [5.41, 5.74) is 0.529. The number of unbranched alkanes of at least 4 members (excludes halogenated alkanes) is 10. The normalized spacial score (nSPS) is 19.3. The Morgan fingerprint density at radius 2 is 1.17 bits per heavy atom. The molecule has 0 fully saturated rings. The molecule has 0 bridgehead atoms. The number of hydrogen-bond acceptors (Lipinski definition) is 7. The molecule has 324 valence electrons. The van der Waals surface area contributed by atoms with Crippen molar-refractivity contribution in [1.29, 1.82) is 0 Å². The lowest BCUT2D eigenvalue weighted by atomic mass is 9.73. The molecule has 0 amide bonds. The van der Waals surface area contributed by atoms with Gasteiger partial charge < -0.3 is 9.47 Å². The monoisotopic (exact) mass is 851 g/mol. The topological polar surface area (TPSA) is 52.6 Å². The molecule has 0 N–H and O–H groups in total. The van der Waals surface area contributed by atoms with E-state index in [2.05, 4.69) is 67.5 Å². The van der Waals surface area contributed by atoms with E-state index in [1.165, 1.54) is 94.8 Å². The molecule has 0 aromatic carbocycles. The van der Waals surface area contributed by atoms with E-state index in [9.17, 15) is 4.79 Å². The number of carbonyl (C=O) groups excluding carboxylic acids is 2. The third-order valence-electron chi connectivity index (χ3n) is 13.5. The van der Waals surface area contributed by atoms with Gasteiger partial charge in [0.25, 0.3) is 0 Å². The Labute approximate surface area is 365 Å². The molecule has 4 atom stereocenters. The minimum atomic E-state index is -0.913. The fourth-order valence-electron chi connectivity index (χ4n) is 9.95. The Kier molecular flexibility index (Phi) is 19.1. The first-order valence-corrected chi connectivity index (χ1v) is 26.4. The van der Waals surface area contributed by atoms with Crippen LogP contribution < -0.4 is 9.75 Å². The molecule has 1 aliphatic heterocycles. The van der Waals surface area contributed by atoms with Gasteiger partial charge >= 0.3 is 0 Å². The zero-order valence-electron chi connectivity index (χ0n) is 37.8. The van der Waals surface area contributed by atoms with Crippen molar-refractivity contribution in [2.45, 2.75) is 202 Å². The first-order chi connectivity index (χ1) is 28.2. The SMILES string of the molecule is CCCCCCCCC1(CCCCCCCC)C(=O)c2c(C)sc(-c3cc4c(s3)=C(OCCC(CC)CCC)C3C=C(C)SC3C=4OCCC(CC)CCC)c2C1=O. The average Bonchev–Trinajstić information content (AvgIpc) is 3.97. The second-order valence-corrected chi connectivity index (χ2v) is 21.5. The van der Waals surface area contributed by atoms with Gasteiger partial charge in [0.2, 0.25) is 0 Å². The van der Waals surface area contributed by atoms with Gasteiger partial charge in [-0.15, -0.1) is 34.4 Å². The second kappa shape index (κ2) is 23.4. The van der Waals surface area contributed by atoms with Gasteiger partial charge in [0.1, 0.15) is 11.5 Å². The van der Waals surface area contributed by atoms with Crippen LogP contribution in [-0.4, -0.2) is 30.0 Å². The lowest BCUT2D eigenvalue weighted by Crippen LogP contribution is -2.39. The molecule has 2 aromatic heterocycles. The predicted octanol–water partition coefficient (Wildman–Crippen LogP) is 15.0. The first-order valence-electron chi connectivity index (χ1n) is 23.9. The van der Waals surface area contributed by atoms with Crippen LogP contribution in [0.25, 0.3) is 21.3 Å². The maximum Gasteiger partial charge on any atom is 0.179 e. The second-order valence-electron chi connectivity index (χ2n) is 17.8. The van der Waals surface area contributed by atoms with E-state index in [4.69, 9.17) is 9.47 Å². The summed E-state index contributed by atoms with van der Waals surface area (Å²) < 4.78 is 15.1. The van der Waals surface area contributed by atoms with Crippen molar-refractivity contribution in [3.05, 3.63) is 42.8 Å². The molecule has 7 heteroatoms. The molecule has 4 nitrogen and oxygen atoms in total. The number of ketones is 2. The van der Waals surface area contributed by atoms with E-state index in [0.29, 0.717) is 43.5 Å². The Morgan fingerprint density at radius 3 is 1.72 bits per heavy atom. The maximum absolute atomic E-state index is 15.1. The zero-order chi connectivity index (χ0) is 41.7. The minimum absolute atomic E-state index is 0.107. The quantitative estimate of drug-likeness (QED) is 0.0603. The summed E-state index contributed by atoms with van der Waals surface area (Å²) in [5.74, 6) is 3.84. The minimum Gasteiger partial charge on any atom is -0.496 e. The highest BCUT2D eigenvalue weighted by molar-refractivity contribution is 8.04. The number of fused-ring (bicyclic) bond motifs is 3. The summed E-state index contributed by atoms with van der Waals surface area (Å²) >= 11 is 5.33. The van der Waals surface area contributed by atoms with Crippen LogP contribution in [0.4, 0.5) is 0 Å². The molecule has 0 saturated heterocycles. The lowest BCUT2D eigenvalue weighted by molar-refractivity contribution is 0.0655. The molecule has 2 aromatic rings. The van der Waals surface area contributed by atoms with Crippen LogP contribution in [0, 0.1) is 30.1 Å². The van der Waals surface area contributed by atoms with Gasteiger partial charge in [-0.05, 0) is 62.3 Å². The van der Waals surface area contributed by atoms with Crippen LogP contribution in [0.3, 0.4) is 0 Å². The molecule has 4 unspecified atom stereocenters. The molecule has 0 saturated carbocycles. The van der Waals surface area contributed by atoms with E-state index in [0.717, 1.165) is 80.0 Å². The molecule has 0 spiro atoms. The molecule has 2 aliphatic carbocycles. The first kappa shape index (κ1) is 47.2. The van der Waals surface area contributed by atoms with Gasteiger partial charge in [-0.1, -0.05) is 163 Å². The standard InChI is InChI=1S/C51H78O4S3/c1-9-15-17-19-21-23-29-51(30-24-22-20-18-16-10-2)49(52)42-36(8)57-48(43(42)50(51)53)41-34-40-45(55-32-28-38(14-6)26-12-4)46-39(33-35(7)56-46)44(47(40)58-41)54-31-27-37(13-5)25-11-3/h33-34,37-39,46H,9-32H2,1-8H3. The van der Waals surface area contributed by atoms with Gasteiger partial charge in [-0.25, -0.2) is 0 Å². The van der Waals surface area contributed by atoms with Crippen molar-refractivity contribution >= 4 is 57.5 Å². The van der Waals surface area contributed by atoms with E-state index < -0.39 is 5.41 Å². The number of thiophene rings is 2. The third kappa shape index (κ3) is 11.0. The predicted molar refractivity (Wildman–Crippen MR) is 253 cm³/mol. The summed E-state index contributed by atoms with van der Waals surface area (Å²) in [6.07, 6.45) is 27.0. The van der Waals surface area contributed by atoms with Crippen LogP contribution in [0.15, 0.2) is 17.0 Å². The molecular formula is C51H78O4S3. The zero-order valence-corrected chi connectivity index (χ0v) is 40.2. The Balaban J connectivity index is 1.56. The Hall–Kier alpha value is -1.83. The summed E-state index contributed by atoms with van der Waals surface area (Å²) in [5, 5.41) is 1.29. The van der Waals surface area contributed by atoms with E-state index in [1.807, 2.05) is 11.8 Å². The Bertz CT molecular complexity index is 1780. The number of rotatable bonds is 29. The van der Waals surface area contributed by atoms with Crippen LogP contribution in [-0.2, 0) is 9.47 Å². The van der Waals surface area contributed by atoms with Gasteiger partial charge in [-0.3, -0.25) is 9.59 Å². The number of Topliss-reactive ketones (excluding diaryl/α,β-unsaturated/α-hetero) is 2. The summed E-state index contributed by atoms with van der Waals surface area (Å²) in [7, 11) is 0. The third-order valence-corrected chi connectivity index (χ3v) is 17.2. The van der Waals surface area contributed by atoms with Gasteiger partial charge in [-0.2, -0.15) is 0 Å². The van der Waals surface area contributed by atoms with Gasteiger partial charge in [0, 0.05) is 26.1 Å². The van der Waals surface area contributed by atoms with Crippen molar-refractivity contribution < 1.29 is 19.1 Å². The highest BCUT2D eigenvalue weighted by Crippen LogP contribution is 2.52. The number of thioether (sulfide) groups is 1. The van der Waals surface area contributed by atoms with Gasteiger partial charge in [0.05, 0.1) is 39.2 Å². The van der Waals surface area contributed by atoms with Crippen LogP contribution in [0.1, 0.15) is 215 Å². The number of carbonyl (C=O) groups is 2. The van der Waals surface area contributed by atoms with E-state index in [1.54, 1.807) is 22.7 Å². The number of aryl methyl sites for hydroxylation is 1. The van der Waals surface area contributed by atoms with Crippen molar-refractivity contribution in [2.24, 2.45) is 23.2 Å². The highest BCUT2D eigenvalue weighted by atomic mass is 32.2. The van der Waals surface area contributed by atoms with Crippen molar-refractivity contribution in [2.75, 3.05) is 13.2 Å². The maximum atomic E-state index is 15.1. The molecule has 58 heavy (non-hydrogen) atoms. The van der Waals surface area contributed by atoms with E-state index in [-0.39, 0.29) is 22.7 Å². The summed E-state index contributed by atoms with van der Waals surface area (Å²) in [6, 6.07) is 2.31. The Morgan fingerprint density at radius 1 is 0.638 bits per heavy atom. The molecular weight excluding hydrogens is 773 g/mol. The van der Waals surface area contributed by atoms with E-state index >= 15 is 4.79 Å². The smallest absolute Gasteiger partial charge is 0.179 e. The fourth-order valence-corrected chi connectivity index (χ4v) is 13.7. The van der Waals surface area contributed by atoms with Crippen molar-refractivity contribution in [3.63, 3.8) is 0 Å². The number of hydrogen-bond donors (Lipinski definition) is 0. The molecule has 3 aliphatic rings. The number of ether oxygens (including phenoxy) is 2. The van der Waals surface area contributed by atoms with Crippen LogP contribution >= 0.6 is 34.4 Å². The molecule has 3 heterocycles. The van der Waals surface area contributed by atoms with Crippen LogP contribution in [0.5, 0.6) is 0 Å². The van der Waals surface area contributed by atoms with Crippen molar-refractivity contribution in [1.82, 2.24) is 0 Å². The molecule has 0 radical (unpaired) electrons. The lowest BCUT2D eigenvalue weighted by Gasteiger charge is -2.28. The average molecular weight is 851 g/mol. The summed E-state index contributed by atoms with van der Waals surface area (Å²) in [6.45, 7) is 19.4.